The van der Waals surface area contributed by atoms with Crippen LogP contribution in [-0.4, -0.2) is 45.2 Å². The van der Waals surface area contributed by atoms with Gasteiger partial charge in [-0.2, -0.15) is 0 Å². The lowest BCUT2D eigenvalue weighted by molar-refractivity contribution is -0.907. The number of carbonyl (C=O) groups is 1. The number of nitro benzene ring substituents is 1. The van der Waals surface area contributed by atoms with Gasteiger partial charge in [-0.25, -0.2) is 0 Å². The molecule has 1 aliphatic rings. The molecule has 1 aliphatic heterocycles. The molecule has 0 aromatic heterocycles. The number of amides is 1. The van der Waals surface area contributed by atoms with E-state index in [0.29, 0.717) is 23.8 Å². The van der Waals surface area contributed by atoms with Crippen LogP contribution in [0.1, 0.15) is 11.1 Å². The van der Waals surface area contributed by atoms with Gasteiger partial charge in [0.1, 0.15) is 18.0 Å². The molecule has 2 N–H and O–H groups in total. The summed E-state index contributed by atoms with van der Waals surface area (Å²) in [6.07, 6.45) is 0.807. The lowest BCUT2D eigenvalue weighted by Crippen LogP contribution is -3.12. The SMILES string of the molecule is COc1ccc(NC(=O)C[NH+]2CCc3cc(OC)c(OC)cc3C2)c([N+](=O)[O-])c1. The van der Waals surface area contributed by atoms with Gasteiger partial charge in [-0.1, -0.05) is 0 Å². The Morgan fingerprint density at radius 1 is 1.10 bits per heavy atom. The molecule has 1 heterocycles. The van der Waals surface area contributed by atoms with Crippen molar-refractivity contribution in [2.24, 2.45) is 0 Å². The molecule has 29 heavy (non-hydrogen) atoms. The molecule has 9 heteroatoms. The van der Waals surface area contributed by atoms with Crippen molar-refractivity contribution in [3.05, 3.63) is 51.6 Å². The van der Waals surface area contributed by atoms with Crippen molar-refractivity contribution in [2.75, 3.05) is 39.7 Å². The largest absolute Gasteiger partial charge is 0.496 e. The molecule has 0 fully saturated rings. The van der Waals surface area contributed by atoms with Crippen LogP contribution >= 0.6 is 0 Å². The molecule has 1 amide bonds. The smallest absolute Gasteiger partial charge is 0.296 e. The van der Waals surface area contributed by atoms with E-state index in [1.807, 2.05) is 12.1 Å². The van der Waals surface area contributed by atoms with E-state index in [-0.39, 0.29) is 23.8 Å². The number of fused-ring (bicyclic) bond motifs is 1. The van der Waals surface area contributed by atoms with Gasteiger partial charge in [0, 0.05) is 12.0 Å². The molecule has 2 aromatic rings. The predicted molar refractivity (Wildman–Crippen MR) is 106 cm³/mol. The zero-order chi connectivity index (χ0) is 21.0. The van der Waals surface area contributed by atoms with Crippen LogP contribution in [0.3, 0.4) is 0 Å². The van der Waals surface area contributed by atoms with Crippen molar-refractivity contribution < 1.29 is 28.8 Å². The minimum Gasteiger partial charge on any atom is -0.496 e. The Bertz CT molecular complexity index is 931. The molecule has 0 saturated heterocycles. The van der Waals surface area contributed by atoms with Crippen molar-refractivity contribution in [3.63, 3.8) is 0 Å². The number of nitrogens with one attached hydrogen (secondary N) is 2. The summed E-state index contributed by atoms with van der Waals surface area (Å²) in [4.78, 5) is 24.3. The Kier molecular flexibility index (Phi) is 6.18. The van der Waals surface area contributed by atoms with Crippen LogP contribution in [0.15, 0.2) is 30.3 Å². The normalized spacial score (nSPS) is 15.2. The van der Waals surface area contributed by atoms with Gasteiger partial charge in [0.05, 0.1) is 38.9 Å². The minimum absolute atomic E-state index is 0.156. The Morgan fingerprint density at radius 2 is 1.79 bits per heavy atom. The number of quaternary nitrogens is 1. The highest BCUT2D eigenvalue weighted by molar-refractivity contribution is 5.93. The van der Waals surface area contributed by atoms with Gasteiger partial charge < -0.3 is 24.4 Å². The van der Waals surface area contributed by atoms with Gasteiger partial charge in [-0.15, -0.1) is 0 Å². The number of carbonyl (C=O) groups excluding carboxylic acids is 1. The average Bonchev–Trinajstić information content (AvgIpc) is 2.72. The lowest BCUT2D eigenvalue weighted by Gasteiger charge is -2.26. The molecule has 3 rings (SSSR count). The second-order valence-corrected chi connectivity index (χ2v) is 6.77. The number of ether oxygens (including phenoxy) is 3. The summed E-state index contributed by atoms with van der Waals surface area (Å²) in [5.41, 5.74) is 2.24. The van der Waals surface area contributed by atoms with E-state index in [1.165, 1.54) is 24.8 Å². The Morgan fingerprint density at radius 3 is 2.41 bits per heavy atom. The second kappa shape index (κ2) is 8.78. The van der Waals surface area contributed by atoms with E-state index < -0.39 is 4.92 Å². The van der Waals surface area contributed by atoms with Gasteiger partial charge in [0.2, 0.25) is 0 Å². The molecule has 0 saturated carbocycles. The third-order valence-electron chi connectivity index (χ3n) is 4.98. The van der Waals surface area contributed by atoms with Crippen molar-refractivity contribution >= 4 is 17.3 Å². The van der Waals surface area contributed by atoms with Crippen LogP contribution in [0.4, 0.5) is 11.4 Å². The number of hydrogen-bond donors (Lipinski definition) is 2. The molecule has 9 nitrogen and oxygen atoms in total. The summed E-state index contributed by atoms with van der Waals surface area (Å²) in [5.74, 6) is 1.43. The number of hydrogen-bond acceptors (Lipinski definition) is 6. The van der Waals surface area contributed by atoms with E-state index in [4.69, 9.17) is 14.2 Å². The van der Waals surface area contributed by atoms with Crippen LogP contribution in [-0.2, 0) is 17.8 Å². The Balaban J connectivity index is 1.69. The fraction of sp³-hybridized carbons (Fsp3) is 0.350. The highest BCUT2D eigenvalue weighted by Crippen LogP contribution is 2.31. The fourth-order valence-corrected chi connectivity index (χ4v) is 3.50. The van der Waals surface area contributed by atoms with E-state index >= 15 is 0 Å². The van der Waals surface area contributed by atoms with Gasteiger partial charge in [-0.05, 0) is 29.8 Å². The Labute approximate surface area is 168 Å². The summed E-state index contributed by atoms with van der Waals surface area (Å²) >= 11 is 0. The van der Waals surface area contributed by atoms with Gasteiger partial charge >= 0.3 is 0 Å². The zero-order valence-electron chi connectivity index (χ0n) is 16.6. The second-order valence-electron chi connectivity index (χ2n) is 6.77. The molecular weight excluding hydrogens is 378 g/mol. The molecular formula is C20H24N3O6+. The van der Waals surface area contributed by atoms with Gasteiger partial charge in [0.15, 0.2) is 18.0 Å². The maximum absolute atomic E-state index is 12.5. The molecule has 1 atom stereocenters. The van der Waals surface area contributed by atoms with E-state index in [9.17, 15) is 14.9 Å². The molecule has 0 radical (unpaired) electrons. The van der Waals surface area contributed by atoms with Gasteiger partial charge in [-0.3, -0.25) is 14.9 Å². The first-order valence-corrected chi connectivity index (χ1v) is 9.14. The van der Waals surface area contributed by atoms with Crippen LogP contribution in [0.2, 0.25) is 0 Å². The van der Waals surface area contributed by atoms with E-state index in [0.717, 1.165) is 23.4 Å². The Hall–Kier alpha value is -3.33. The van der Waals surface area contributed by atoms with E-state index in [1.54, 1.807) is 20.3 Å². The monoisotopic (exact) mass is 402 g/mol. The van der Waals surface area contributed by atoms with Crippen molar-refractivity contribution in [3.8, 4) is 17.2 Å². The number of nitrogens with zero attached hydrogens (tertiary/aromatic N) is 1. The van der Waals surface area contributed by atoms with Crippen molar-refractivity contribution in [1.29, 1.82) is 0 Å². The molecule has 0 bridgehead atoms. The lowest BCUT2D eigenvalue weighted by atomic mass is 9.99. The van der Waals surface area contributed by atoms with E-state index in [2.05, 4.69) is 5.32 Å². The maximum Gasteiger partial charge on any atom is 0.296 e. The predicted octanol–water partition coefficient (Wildman–Crippen LogP) is 1.20. The molecule has 0 spiro atoms. The van der Waals surface area contributed by atoms with Crippen molar-refractivity contribution in [2.45, 2.75) is 13.0 Å². The quantitative estimate of drug-likeness (QED) is 0.533. The maximum atomic E-state index is 12.5. The van der Waals surface area contributed by atoms with Crippen LogP contribution in [0, 0.1) is 10.1 Å². The number of methoxy groups -OCH3 is 3. The number of anilines is 1. The summed E-state index contributed by atoms with van der Waals surface area (Å²) in [6, 6.07) is 8.27. The topological polar surface area (TPSA) is 104 Å². The highest BCUT2D eigenvalue weighted by Gasteiger charge is 2.25. The third kappa shape index (κ3) is 4.57. The van der Waals surface area contributed by atoms with Crippen LogP contribution in [0.5, 0.6) is 17.2 Å². The van der Waals surface area contributed by atoms with Gasteiger partial charge in [0.25, 0.3) is 11.6 Å². The number of rotatable bonds is 7. The first-order valence-electron chi connectivity index (χ1n) is 9.14. The highest BCUT2D eigenvalue weighted by atomic mass is 16.6. The summed E-state index contributed by atoms with van der Waals surface area (Å²) in [7, 11) is 4.62. The number of nitro groups is 1. The standard InChI is InChI=1S/C20H23N3O6/c1-27-15-4-5-16(17(10-15)23(25)26)21-20(24)12-22-7-6-13-8-18(28-2)19(29-3)9-14(13)11-22/h4-5,8-10H,6-7,11-12H2,1-3H3,(H,21,24)/p+1. The van der Waals surface area contributed by atoms with Crippen LogP contribution in [0.25, 0.3) is 0 Å². The first kappa shape index (κ1) is 20.4. The van der Waals surface area contributed by atoms with Crippen LogP contribution < -0.4 is 24.4 Å². The van der Waals surface area contributed by atoms with Crippen molar-refractivity contribution in [1.82, 2.24) is 0 Å². The summed E-state index contributed by atoms with van der Waals surface area (Å²) < 4.78 is 15.7. The number of benzene rings is 2. The molecule has 0 aliphatic carbocycles. The fourth-order valence-electron chi connectivity index (χ4n) is 3.50. The minimum atomic E-state index is -0.540. The first-order chi connectivity index (χ1) is 13.9. The molecule has 154 valence electrons. The molecule has 1 unspecified atom stereocenters. The average molecular weight is 402 g/mol. The third-order valence-corrected chi connectivity index (χ3v) is 4.98. The summed E-state index contributed by atoms with van der Waals surface area (Å²) in [5, 5.41) is 13.9. The summed E-state index contributed by atoms with van der Waals surface area (Å²) in [6.45, 7) is 1.64. The molecule has 2 aromatic carbocycles. The zero-order valence-corrected chi connectivity index (χ0v) is 16.6.